The summed E-state index contributed by atoms with van der Waals surface area (Å²) in [6.07, 6.45) is 6.16. The van der Waals surface area contributed by atoms with Crippen LogP contribution in [0, 0.1) is 5.92 Å². The Balaban J connectivity index is 2.15. The Morgan fingerprint density at radius 2 is 1.95 bits per heavy atom. The van der Waals surface area contributed by atoms with E-state index in [1.165, 1.54) is 36.9 Å². The molecule has 1 aromatic carbocycles. The molecule has 0 radical (unpaired) electrons. The molecule has 2 rings (SSSR count). The summed E-state index contributed by atoms with van der Waals surface area (Å²) in [7, 11) is 2.21. The first kappa shape index (κ1) is 14.7. The van der Waals surface area contributed by atoms with Crippen LogP contribution >= 0.6 is 11.6 Å². The third kappa shape index (κ3) is 3.64. The minimum Gasteiger partial charge on any atom is -0.371 e. The highest BCUT2D eigenvalue weighted by Crippen LogP contribution is 2.32. The third-order valence-corrected chi connectivity index (χ3v) is 4.60. The predicted octanol–water partition coefficient (Wildman–Crippen LogP) is 3.86. The van der Waals surface area contributed by atoms with Crippen molar-refractivity contribution >= 4 is 17.3 Å². The van der Waals surface area contributed by atoms with E-state index in [-0.39, 0.29) is 0 Å². The summed E-state index contributed by atoms with van der Waals surface area (Å²) in [4.78, 5) is 2.44. The molecule has 0 atom stereocenters. The summed E-state index contributed by atoms with van der Waals surface area (Å²) in [5, 5.41) is 0.804. The van der Waals surface area contributed by atoms with E-state index in [0.717, 1.165) is 17.4 Å². The molecule has 1 fully saturated rings. The van der Waals surface area contributed by atoms with Gasteiger partial charge in [-0.2, -0.15) is 0 Å². The molecule has 0 aromatic heterocycles. The number of benzene rings is 1. The van der Waals surface area contributed by atoms with E-state index < -0.39 is 0 Å². The molecule has 0 saturated heterocycles. The molecule has 0 unspecified atom stereocenters. The molecule has 1 aromatic rings. The second-order valence-electron chi connectivity index (χ2n) is 5.84. The van der Waals surface area contributed by atoms with Gasteiger partial charge < -0.3 is 10.6 Å². The maximum absolute atomic E-state index is 6.10. The number of rotatable bonds is 4. The molecule has 19 heavy (non-hydrogen) atoms. The lowest BCUT2D eigenvalue weighted by Gasteiger charge is -2.36. The van der Waals surface area contributed by atoms with Crippen LogP contribution in [0.4, 0.5) is 5.69 Å². The Morgan fingerprint density at radius 1 is 1.26 bits per heavy atom. The van der Waals surface area contributed by atoms with Crippen molar-refractivity contribution < 1.29 is 0 Å². The van der Waals surface area contributed by atoms with Crippen molar-refractivity contribution in [3.05, 3.63) is 28.8 Å². The lowest BCUT2D eigenvalue weighted by Crippen LogP contribution is -2.35. The SMILES string of the molecule is CC1CCC(N(C)c2ccc(Cl)cc2CCN)CC1. The Hall–Kier alpha value is -0.730. The Kier molecular flexibility index (Phi) is 5.12. The molecule has 0 amide bonds. The highest BCUT2D eigenvalue weighted by Gasteiger charge is 2.23. The van der Waals surface area contributed by atoms with Gasteiger partial charge in [0, 0.05) is 23.8 Å². The summed E-state index contributed by atoms with van der Waals surface area (Å²) in [5.41, 5.74) is 8.29. The highest BCUT2D eigenvalue weighted by atomic mass is 35.5. The monoisotopic (exact) mass is 280 g/mol. The zero-order valence-corrected chi connectivity index (χ0v) is 12.8. The van der Waals surface area contributed by atoms with Crippen LogP contribution in [-0.2, 0) is 6.42 Å². The van der Waals surface area contributed by atoms with Gasteiger partial charge in [0.1, 0.15) is 0 Å². The van der Waals surface area contributed by atoms with Crippen LogP contribution in [-0.4, -0.2) is 19.6 Å². The first-order valence-corrected chi connectivity index (χ1v) is 7.71. The standard InChI is InChI=1S/C16H25ClN2/c1-12-3-6-15(7-4-12)19(2)16-8-5-14(17)11-13(16)9-10-18/h5,8,11-12,15H,3-4,6-7,9-10,18H2,1-2H3. The van der Waals surface area contributed by atoms with E-state index in [1.807, 2.05) is 6.07 Å². The molecule has 1 aliphatic rings. The Morgan fingerprint density at radius 3 is 2.58 bits per heavy atom. The van der Waals surface area contributed by atoms with Crippen molar-refractivity contribution in [2.75, 3.05) is 18.5 Å². The van der Waals surface area contributed by atoms with Crippen LogP contribution in [0.2, 0.25) is 5.02 Å². The van der Waals surface area contributed by atoms with E-state index >= 15 is 0 Å². The Labute approximate surface area is 121 Å². The average Bonchev–Trinajstić information content (AvgIpc) is 2.39. The van der Waals surface area contributed by atoms with Gasteiger partial charge in [0.25, 0.3) is 0 Å². The van der Waals surface area contributed by atoms with Crippen molar-refractivity contribution in [1.29, 1.82) is 0 Å². The number of hydrogen-bond acceptors (Lipinski definition) is 2. The zero-order chi connectivity index (χ0) is 13.8. The topological polar surface area (TPSA) is 29.3 Å². The average molecular weight is 281 g/mol. The molecule has 0 spiro atoms. The third-order valence-electron chi connectivity index (χ3n) is 4.37. The molecule has 0 heterocycles. The summed E-state index contributed by atoms with van der Waals surface area (Å²) in [5.74, 6) is 0.887. The maximum atomic E-state index is 6.10. The van der Waals surface area contributed by atoms with Gasteiger partial charge in [0.15, 0.2) is 0 Å². The summed E-state index contributed by atoms with van der Waals surface area (Å²) in [6.45, 7) is 3.03. The van der Waals surface area contributed by atoms with Crippen LogP contribution in [0.3, 0.4) is 0 Å². The van der Waals surface area contributed by atoms with E-state index in [4.69, 9.17) is 17.3 Å². The summed E-state index contributed by atoms with van der Waals surface area (Å²) < 4.78 is 0. The molecule has 0 bridgehead atoms. The summed E-state index contributed by atoms with van der Waals surface area (Å²) in [6, 6.07) is 6.85. The lowest BCUT2D eigenvalue weighted by molar-refractivity contribution is 0.340. The second kappa shape index (κ2) is 6.62. The molecule has 3 heteroatoms. The smallest absolute Gasteiger partial charge is 0.0410 e. The molecular weight excluding hydrogens is 256 g/mol. The molecule has 2 nitrogen and oxygen atoms in total. The molecule has 1 aliphatic carbocycles. The molecule has 1 saturated carbocycles. The molecule has 106 valence electrons. The first-order chi connectivity index (χ1) is 9.11. The number of nitrogens with two attached hydrogens (primary N) is 1. The van der Waals surface area contributed by atoms with Crippen molar-refractivity contribution in [3.63, 3.8) is 0 Å². The van der Waals surface area contributed by atoms with Gasteiger partial charge in [0.05, 0.1) is 0 Å². The summed E-state index contributed by atoms with van der Waals surface area (Å²) >= 11 is 6.10. The van der Waals surface area contributed by atoms with Gasteiger partial charge in [-0.05, 0) is 68.3 Å². The fourth-order valence-corrected chi connectivity index (χ4v) is 3.28. The molecular formula is C16H25ClN2. The number of halogens is 1. The van der Waals surface area contributed by atoms with E-state index in [9.17, 15) is 0 Å². The molecule has 0 aliphatic heterocycles. The van der Waals surface area contributed by atoms with Crippen molar-refractivity contribution in [2.24, 2.45) is 11.7 Å². The van der Waals surface area contributed by atoms with Crippen LogP contribution in [0.5, 0.6) is 0 Å². The van der Waals surface area contributed by atoms with Gasteiger partial charge in [-0.25, -0.2) is 0 Å². The molecule has 2 N–H and O–H groups in total. The number of anilines is 1. The van der Waals surface area contributed by atoms with E-state index in [1.54, 1.807) is 0 Å². The van der Waals surface area contributed by atoms with Crippen LogP contribution in [0.1, 0.15) is 38.2 Å². The van der Waals surface area contributed by atoms with Gasteiger partial charge in [0.2, 0.25) is 0 Å². The van der Waals surface area contributed by atoms with Crippen molar-refractivity contribution in [2.45, 2.75) is 45.1 Å². The predicted molar refractivity (Wildman–Crippen MR) is 84.0 cm³/mol. The second-order valence-corrected chi connectivity index (χ2v) is 6.27. The van der Waals surface area contributed by atoms with E-state index in [2.05, 4.69) is 31.0 Å². The lowest BCUT2D eigenvalue weighted by atomic mass is 9.86. The minimum atomic E-state index is 0.661. The van der Waals surface area contributed by atoms with Crippen LogP contribution < -0.4 is 10.6 Å². The van der Waals surface area contributed by atoms with E-state index in [0.29, 0.717) is 12.6 Å². The van der Waals surface area contributed by atoms with Crippen LogP contribution in [0.15, 0.2) is 18.2 Å². The van der Waals surface area contributed by atoms with Crippen molar-refractivity contribution in [1.82, 2.24) is 0 Å². The fraction of sp³-hybridized carbons (Fsp3) is 0.625. The number of hydrogen-bond donors (Lipinski definition) is 1. The maximum Gasteiger partial charge on any atom is 0.0410 e. The number of nitrogens with zero attached hydrogens (tertiary/aromatic N) is 1. The van der Waals surface area contributed by atoms with Gasteiger partial charge in [-0.15, -0.1) is 0 Å². The largest absolute Gasteiger partial charge is 0.371 e. The van der Waals surface area contributed by atoms with Gasteiger partial charge in [-0.3, -0.25) is 0 Å². The zero-order valence-electron chi connectivity index (χ0n) is 12.0. The quantitative estimate of drug-likeness (QED) is 0.907. The minimum absolute atomic E-state index is 0.661. The normalized spacial score (nSPS) is 23.4. The van der Waals surface area contributed by atoms with Crippen LogP contribution in [0.25, 0.3) is 0 Å². The highest BCUT2D eigenvalue weighted by molar-refractivity contribution is 6.30. The van der Waals surface area contributed by atoms with Gasteiger partial charge in [-0.1, -0.05) is 18.5 Å². The first-order valence-electron chi connectivity index (χ1n) is 7.33. The fourth-order valence-electron chi connectivity index (χ4n) is 3.08. The Bertz CT molecular complexity index is 411. The van der Waals surface area contributed by atoms with Crippen molar-refractivity contribution in [3.8, 4) is 0 Å². The van der Waals surface area contributed by atoms with Gasteiger partial charge >= 0.3 is 0 Å².